The average molecular weight is 288 g/mol. The van der Waals surface area contributed by atoms with Gasteiger partial charge in [0, 0.05) is 5.56 Å². The normalized spacial score (nSPS) is 11.3. The van der Waals surface area contributed by atoms with Crippen LogP contribution in [0.15, 0.2) is 24.3 Å². The summed E-state index contributed by atoms with van der Waals surface area (Å²) >= 11 is 0. The Kier molecular flexibility index (Phi) is 7.34. The van der Waals surface area contributed by atoms with Gasteiger partial charge in [0.15, 0.2) is 10.9 Å². The molecule has 8 N–H and O–H groups in total. The molecule has 0 aromatic heterocycles. The van der Waals surface area contributed by atoms with Crippen LogP contribution in [0.4, 0.5) is 0 Å². The van der Waals surface area contributed by atoms with Crippen molar-refractivity contribution in [3.05, 3.63) is 35.4 Å². The molecule has 0 bridgehead atoms. The number of hydrogen-bond donors (Lipinski definition) is 6. The lowest BCUT2D eigenvalue weighted by Gasteiger charge is -2.07. The number of nitrogens with two attached hydrogens (primary N) is 3. The zero-order chi connectivity index (χ0) is 15.0. The van der Waals surface area contributed by atoms with Crippen LogP contribution in [0.2, 0.25) is 0 Å². The summed E-state index contributed by atoms with van der Waals surface area (Å²) in [6.45, 7) is 0. The Hall–Kier alpha value is -1.97. The number of carboxylic acid groups (broad SMARTS) is 1. The maximum atomic E-state index is 10.5. The van der Waals surface area contributed by atoms with Gasteiger partial charge in [0.05, 0.1) is 0 Å². The van der Waals surface area contributed by atoms with Gasteiger partial charge < -0.3 is 16.6 Å². The predicted molar refractivity (Wildman–Crippen MR) is 71.3 cm³/mol. The summed E-state index contributed by atoms with van der Waals surface area (Å²) in [5, 5.41) is 19.9. The fourth-order valence-electron chi connectivity index (χ4n) is 1.21. The molecule has 19 heavy (non-hydrogen) atoms. The number of nitrogens with one attached hydrogen (secondary N) is 1. The molecular weight excluding hydrogens is 272 g/mol. The summed E-state index contributed by atoms with van der Waals surface area (Å²) in [6.07, 6.45) is 0.233. The smallest absolute Gasteiger partial charge is 0.320 e. The van der Waals surface area contributed by atoms with E-state index in [1.807, 2.05) is 0 Å². The largest absolute Gasteiger partial charge is 0.480 e. The number of rotatable bonds is 4. The fraction of sp³-hybridized carbons (Fsp3) is 0.200. The number of aliphatic carboxylic acids is 1. The summed E-state index contributed by atoms with van der Waals surface area (Å²) < 4.78 is 17.6. The highest BCUT2D eigenvalue weighted by Crippen LogP contribution is 2.06. The van der Waals surface area contributed by atoms with E-state index in [2.05, 4.69) is 5.14 Å². The number of carbonyl (C=O) groups is 1. The molecule has 0 saturated carbocycles. The molecule has 0 fully saturated rings. The van der Waals surface area contributed by atoms with Crippen molar-refractivity contribution in [3.8, 4) is 0 Å². The summed E-state index contributed by atoms with van der Waals surface area (Å²) in [6, 6.07) is 5.92. The lowest BCUT2D eigenvalue weighted by molar-refractivity contribution is -0.138. The van der Waals surface area contributed by atoms with Crippen molar-refractivity contribution >= 4 is 22.7 Å². The average Bonchev–Trinajstić information content (AvgIpc) is 2.28. The summed E-state index contributed by atoms with van der Waals surface area (Å²) in [5.74, 6) is -1.08. The Labute approximate surface area is 111 Å². The third kappa shape index (κ3) is 7.86. The van der Waals surface area contributed by atoms with E-state index in [4.69, 9.17) is 30.4 Å². The fourth-order valence-corrected chi connectivity index (χ4v) is 1.21. The molecule has 9 heteroatoms. The van der Waals surface area contributed by atoms with Gasteiger partial charge in [-0.1, -0.05) is 18.2 Å². The van der Waals surface area contributed by atoms with Crippen molar-refractivity contribution in [3.63, 3.8) is 0 Å². The molecule has 8 nitrogen and oxygen atoms in total. The SMILES string of the molecule is N=C(N)c1cccc(CC(N)C(=O)O)c1.N[SH](=O)=O. The summed E-state index contributed by atoms with van der Waals surface area (Å²) in [5.41, 5.74) is 12.0. The molecule has 1 rings (SSSR count). The van der Waals surface area contributed by atoms with Gasteiger partial charge >= 0.3 is 5.97 Å². The number of nitrogen functional groups attached to an aromatic ring is 1. The second-order valence-electron chi connectivity index (χ2n) is 3.55. The summed E-state index contributed by atoms with van der Waals surface area (Å²) in [4.78, 5) is 10.5. The zero-order valence-corrected chi connectivity index (χ0v) is 10.8. The Morgan fingerprint density at radius 3 is 2.37 bits per heavy atom. The van der Waals surface area contributed by atoms with Gasteiger partial charge in [-0.05, 0) is 18.1 Å². The van der Waals surface area contributed by atoms with E-state index in [0.717, 1.165) is 5.56 Å². The topological polar surface area (TPSA) is 173 Å². The molecule has 106 valence electrons. The van der Waals surface area contributed by atoms with E-state index in [0.29, 0.717) is 5.56 Å². The third-order valence-electron chi connectivity index (χ3n) is 2.01. The lowest BCUT2D eigenvalue weighted by Crippen LogP contribution is -2.32. The Balaban J connectivity index is 0.000000711. The molecule has 0 saturated heterocycles. The van der Waals surface area contributed by atoms with Gasteiger partial charge in [0.1, 0.15) is 11.9 Å². The van der Waals surface area contributed by atoms with Crippen molar-refractivity contribution in [1.82, 2.24) is 0 Å². The van der Waals surface area contributed by atoms with Crippen LogP contribution in [0.3, 0.4) is 0 Å². The van der Waals surface area contributed by atoms with Crippen LogP contribution in [0, 0.1) is 5.41 Å². The molecule has 1 unspecified atom stereocenters. The molecule has 0 radical (unpaired) electrons. The Morgan fingerprint density at radius 2 is 1.95 bits per heavy atom. The van der Waals surface area contributed by atoms with Gasteiger partial charge in [0.25, 0.3) is 0 Å². The number of amidine groups is 1. The van der Waals surface area contributed by atoms with Crippen molar-refractivity contribution in [2.75, 3.05) is 0 Å². The Bertz CT molecular complexity index is 522. The maximum Gasteiger partial charge on any atom is 0.320 e. The second-order valence-corrected chi connectivity index (χ2v) is 4.12. The lowest BCUT2D eigenvalue weighted by atomic mass is 10.0. The molecule has 1 atom stereocenters. The van der Waals surface area contributed by atoms with Crippen LogP contribution < -0.4 is 16.6 Å². The molecule has 0 aliphatic rings. The molecule has 0 aliphatic carbocycles. The highest BCUT2D eigenvalue weighted by molar-refractivity contribution is 7.69. The number of carboxylic acids is 1. The molecule has 0 heterocycles. The van der Waals surface area contributed by atoms with E-state index in [1.165, 1.54) is 0 Å². The van der Waals surface area contributed by atoms with Crippen LogP contribution in [0.25, 0.3) is 0 Å². The second kappa shape index (κ2) is 8.19. The molecule has 1 aromatic rings. The van der Waals surface area contributed by atoms with Crippen molar-refractivity contribution in [2.24, 2.45) is 16.6 Å². The van der Waals surface area contributed by atoms with Crippen LogP contribution >= 0.6 is 0 Å². The van der Waals surface area contributed by atoms with Gasteiger partial charge in [-0.2, -0.15) is 0 Å². The first-order chi connectivity index (χ1) is 8.73. The van der Waals surface area contributed by atoms with Crippen LogP contribution in [-0.4, -0.2) is 31.4 Å². The van der Waals surface area contributed by atoms with Crippen molar-refractivity contribution < 1.29 is 18.3 Å². The highest BCUT2D eigenvalue weighted by atomic mass is 32.2. The van der Waals surface area contributed by atoms with Crippen molar-refractivity contribution in [2.45, 2.75) is 12.5 Å². The van der Waals surface area contributed by atoms with Crippen LogP contribution in [0.1, 0.15) is 11.1 Å². The molecule has 0 spiro atoms. The van der Waals surface area contributed by atoms with E-state index < -0.39 is 22.9 Å². The van der Waals surface area contributed by atoms with Gasteiger partial charge in [-0.3, -0.25) is 10.2 Å². The number of benzene rings is 1. The monoisotopic (exact) mass is 288 g/mol. The highest BCUT2D eigenvalue weighted by Gasteiger charge is 2.12. The molecule has 0 amide bonds. The Morgan fingerprint density at radius 1 is 1.42 bits per heavy atom. The minimum atomic E-state index is -2.62. The van der Waals surface area contributed by atoms with Crippen LogP contribution in [-0.2, 0) is 22.1 Å². The van der Waals surface area contributed by atoms with E-state index in [9.17, 15) is 4.79 Å². The molecular formula is C10H16N4O4S. The van der Waals surface area contributed by atoms with Gasteiger partial charge in [-0.25, -0.2) is 13.6 Å². The number of thiol groups is 1. The minimum Gasteiger partial charge on any atom is -0.480 e. The van der Waals surface area contributed by atoms with Gasteiger partial charge in [0.2, 0.25) is 0 Å². The van der Waals surface area contributed by atoms with E-state index >= 15 is 0 Å². The quantitative estimate of drug-likeness (QED) is 0.221. The predicted octanol–water partition coefficient (Wildman–Crippen LogP) is -1.60. The summed E-state index contributed by atoms with van der Waals surface area (Å²) in [7, 11) is -2.62. The minimum absolute atomic E-state index is 0.0410. The third-order valence-corrected chi connectivity index (χ3v) is 2.01. The first-order valence-electron chi connectivity index (χ1n) is 5.04. The van der Waals surface area contributed by atoms with E-state index in [1.54, 1.807) is 24.3 Å². The molecule has 0 aliphatic heterocycles. The van der Waals surface area contributed by atoms with Gasteiger partial charge in [-0.15, -0.1) is 0 Å². The van der Waals surface area contributed by atoms with Crippen LogP contribution in [0.5, 0.6) is 0 Å². The number of hydrogen-bond acceptors (Lipinski definition) is 5. The van der Waals surface area contributed by atoms with Crippen molar-refractivity contribution in [1.29, 1.82) is 5.41 Å². The maximum absolute atomic E-state index is 10.5. The molecule has 1 aromatic carbocycles. The zero-order valence-electron chi connectivity index (χ0n) is 9.95. The standard InChI is InChI=1S/C10H13N3O2.H3NO2S/c11-8(10(14)15)5-6-2-1-3-7(4-6)9(12)13;1-4(2)3/h1-4,8H,5,11H2,(H3,12,13)(H,14,15);4H,(H2,1,2,3). The van der Waals surface area contributed by atoms with E-state index in [-0.39, 0.29) is 12.3 Å². The first kappa shape index (κ1) is 17.0. The first-order valence-corrected chi connectivity index (χ1v) is 6.29.